The molecule has 0 unspecified atom stereocenters. The normalized spacial score (nSPS) is 12.9. The van der Waals surface area contributed by atoms with E-state index in [4.69, 9.17) is 14.5 Å². The van der Waals surface area contributed by atoms with Crippen molar-refractivity contribution < 1.29 is 14.3 Å². The molecule has 4 rings (SSSR count). The summed E-state index contributed by atoms with van der Waals surface area (Å²) in [6.45, 7) is 14.8. The van der Waals surface area contributed by atoms with Crippen LogP contribution in [-0.4, -0.2) is 68.3 Å². The van der Waals surface area contributed by atoms with Crippen LogP contribution in [0.5, 0.6) is 11.5 Å². The fourth-order valence-electron chi connectivity index (χ4n) is 4.19. The number of aromatic nitrogens is 1. The third-order valence-electron chi connectivity index (χ3n) is 6.29. The van der Waals surface area contributed by atoms with Crippen molar-refractivity contribution in [2.45, 2.75) is 27.7 Å². The van der Waals surface area contributed by atoms with Crippen molar-refractivity contribution in [3.8, 4) is 11.5 Å². The SMILES string of the molecule is CCN(CC)CCN(C(=O)c1ccc(N(CC)CC)cc1)c1nc2cc3c(cc2s1)OCCO3. The molecule has 0 spiro atoms. The van der Waals surface area contributed by atoms with E-state index in [-0.39, 0.29) is 5.91 Å². The molecule has 0 saturated carbocycles. The Morgan fingerprint density at radius 3 is 2.18 bits per heavy atom. The van der Waals surface area contributed by atoms with Gasteiger partial charge >= 0.3 is 0 Å². The quantitative estimate of drug-likeness (QED) is 0.410. The third kappa shape index (κ3) is 5.13. The van der Waals surface area contributed by atoms with Gasteiger partial charge in [-0.05, 0) is 51.2 Å². The topological polar surface area (TPSA) is 58.1 Å². The van der Waals surface area contributed by atoms with Crippen molar-refractivity contribution in [1.82, 2.24) is 9.88 Å². The van der Waals surface area contributed by atoms with Gasteiger partial charge in [0.25, 0.3) is 5.91 Å². The van der Waals surface area contributed by atoms with E-state index in [0.29, 0.717) is 36.2 Å². The number of carbonyl (C=O) groups is 1. The molecule has 1 aliphatic rings. The molecule has 0 aliphatic carbocycles. The summed E-state index contributed by atoms with van der Waals surface area (Å²) in [6, 6.07) is 11.8. The Labute approximate surface area is 205 Å². The minimum atomic E-state index is -0.0328. The van der Waals surface area contributed by atoms with Gasteiger partial charge in [-0.1, -0.05) is 25.2 Å². The lowest BCUT2D eigenvalue weighted by Gasteiger charge is -2.25. The van der Waals surface area contributed by atoms with Crippen molar-refractivity contribution in [1.29, 1.82) is 0 Å². The molecule has 34 heavy (non-hydrogen) atoms. The number of rotatable bonds is 10. The summed E-state index contributed by atoms with van der Waals surface area (Å²) in [5.41, 5.74) is 2.62. The molecule has 0 saturated heterocycles. The van der Waals surface area contributed by atoms with E-state index in [1.807, 2.05) is 41.3 Å². The molecule has 1 aromatic heterocycles. The fourth-order valence-corrected chi connectivity index (χ4v) is 5.19. The first-order valence-electron chi connectivity index (χ1n) is 12.2. The van der Waals surface area contributed by atoms with E-state index in [1.54, 1.807) is 0 Å². The molecule has 2 heterocycles. The zero-order chi connectivity index (χ0) is 24.1. The highest BCUT2D eigenvalue weighted by atomic mass is 32.1. The summed E-state index contributed by atoms with van der Waals surface area (Å²) >= 11 is 1.52. The van der Waals surface area contributed by atoms with Gasteiger partial charge in [0.1, 0.15) is 13.2 Å². The van der Waals surface area contributed by atoms with Crippen LogP contribution in [0, 0.1) is 0 Å². The molecule has 7 nitrogen and oxygen atoms in total. The minimum absolute atomic E-state index is 0.0328. The predicted octanol–water partition coefficient (Wildman–Crippen LogP) is 4.90. The number of hydrogen-bond acceptors (Lipinski definition) is 7. The van der Waals surface area contributed by atoms with Crippen molar-refractivity contribution in [3.05, 3.63) is 42.0 Å². The first kappa shape index (κ1) is 24.3. The molecule has 0 radical (unpaired) electrons. The Hall–Kier alpha value is -2.84. The Kier molecular flexibility index (Phi) is 7.90. The zero-order valence-electron chi connectivity index (χ0n) is 20.5. The molecule has 1 amide bonds. The third-order valence-corrected chi connectivity index (χ3v) is 7.34. The molecule has 2 aromatic carbocycles. The molecule has 8 heteroatoms. The maximum atomic E-state index is 13.7. The van der Waals surface area contributed by atoms with Gasteiger partial charge in [-0.3, -0.25) is 9.69 Å². The maximum Gasteiger partial charge on any atom is 0.260 e. The first-order chi connectivity index (χ1) is 16.6. The van der Waals surface area contributed by atoms with Crippen molar-refractivity contribution in [3.63, 3.8) is 0 Å². The second kappa shape index (κ2) is 11.1. The standard InChI is InChI=1S/C26H34N4O3S/c1-5-28(6-2)13-14-30(25(31)19-9-11-20(12-10-19)29(7-3)8-4)26-27-21-17-22-23(18-24(21)34-26)33-16-15-32-22/h9-12,17-18H,5-8,13-16H2,1-4H3. The summed E-state index contributed by atoms with van der Waals surface area (Å²) in [6.07, 6.45) is 0. The molecule has 0 fully saturated rings. The smallest absolute Gasteiger partial charge is 0.260 e. The second-order valence-corrected chi connectivity index (χ2v) is 9.17. The Bertz CT molecular complexity index is 1060. The lowest BCUT2D eigenvalue weighted by atomic mass is 10.1. The van der Waals surface area contributed by atoms with Gasteiger partial charge < -0.3 is 19.3 Å². The van der Waals surface area contributed by atoms with Crippen molar-refractivity contribution in [2.24, 2.45) is 0 Å². The van der Waals surface area contributed by atoms with Crippen LogP contribution in [-0.2, 0) is 0 Å². The van der Waals surface area contributed by atoms with Crippen LogP contribution >= 0.6 is 11.3 Å². The van der Waals surface area contributed by atoms with Gasteiger partial charge in [0.2, 0.25) is 0 Å². The number of amides is 1. The van der Waals surface area contributed by atoms with E-state index in [9.17, 15) is 4.79 Å². The van der Waals surface area contributed by atoms with Gasteiger partial charge in [0.05, 0.1) is 10.2 Å². The van der Waals surface area contributed by atoms with E-state index in [2.05, 4.69) is 37.5 Å². The Balaban J connectivity index is 1.65. The van der Waals surface area contributed by atoms with Crippen LogP contribution in [0.15, 0.2) is 36.4 Å². The summed E-state index contributed by atoms with van der Waals surface area (Å²) in [5.74, 6) is 1.42. The first-order valence-corrected chi connectivity index (χ1v) is 13.0. The summed E-state index contributed by atoms with van der Waals surface area (Å²) in [5, 5.41) is 0.697. The number of ether oxygens (including phenoxy) is 2. The van der Waals surface area contributed by atoms with Crippen LogP contribution in [0.4, 0.5) is 10.8 Å². The molecular weight excluding hydrogens is 448 g/mol. The predicted molar refractivity (Wildman–Crippen MR) is 140 cm³/mol. The lowest BCUT2D eigenvalue weighted by molar-refractivity contribution is 0.0984. The van der Waals surface area contributed by atoms with E-state index >= 15 is 0 Å². The highest BCUT2D eigenvalue weighted by molar-refractivity contribution is 7.22. The number of nitrogens with zero attached hydrogens (tertiary/aromatic N) is 4. The van der Waals surface area contributed by atoms with Gasteiger partial charge in [-0.15, -0.1) is 0 Å². The number of likely N-dealkylation sites (N-methyl/N-ethyl adjacent to an activating group) is 1. The zero-order valence-corrected chi connectivity index (χ0v) is 21.4. The minimum Gasteiger partial charge on any atom is -0.486 e. The Morgan fingerprint density at radius 1 is 0.912 bits per heavy atom. The van der Waals surface area contributed by atoms with Gasteiger partial charge in [-0.25, -0.2) is 4.98 Å². The number of benzene rings is 2. The highest BCUT2D eigenvalue weighted by Crippen LogP contribution is 2.39. The van der Waals surface area contributed by atoms with Crippen LogP contribution in [0.25, 0.3) is 10.2 Å². The number of hydrogen-bond donors (Lipinski definition) is 0. The van der Waals surface area contributed by atoms with Gasteiger partial charge in [-0.2, -0.15) is 0 Å². The summed E-state index contributed by atoms with van der Waals surface area (Å²) < 4.78 is 12.4. The van der Waals surface area contributed by atoms with Gasteiger partial charge in [0.15, 0.2) is 16.6 Å². The van der Waals surface area contributed by atoms with Gasteiger partial charge in [0, 0.05) is 49.6 Å². The maximum absolute atomic E-state index is 13.7. The molecule has 1 aliphatic heterocycles. The van der Waals surface area contributed by atoms with E-state index in [0.717, 1.165) is 54.4 Å². The average molecular weight is 483 g/mol. The largest absolute Gasteiger partial charge is 0.486 e. The molecule has 0 N–H and O–H groups in total. The molecule has 0 bridgehead atoms. The highest BCUT2D eigenvalue weighted by Gasteiger charge is 2.23. The number of carbonyl (C=O) groups excluding carboxylic acids is 1. The molecule has 3 aromatic rings. The lowest BCUT2D eigenvalue weighted by Crippen LogP contribution is -2.38. The summed E-state index contributed by atoms with van der Waals surface area (Å²) in [4.78, 5) is 24.9. The molecule has 0 atom stereocenters. The Morgan fingerprint density at radius 2 is 1.56 bits per heavy atom. The van der Waals surface area contributed by atoms with Crippen LogP contribution < -0.4 is 19.3 Å². The van der Waals surface area contributed by atoms with E-state index in [1.165, 1.54) is 11.3 Å². The fraction of sp³-hybridized carbons (Fsp3) is 0.462. The van der Waals surface area contributed by atoms with Crippen LogP contribution in [0.3, 0.4) is 0 Å². The monoisotopic (exact) mass is 482 g/mol. The van der Waals surface area contributed by atoms with E-state index < -0.39 is 0 Å². The number of anilines is 2. The van der Waals surface area contributed by atoms with Crippen molar-refractivity contribution in [2.75, 3.05) is 62.3 Å². The summed E-state index contributed by atoms with van der Waals surface area (Å²) in [7, 11) is 0. The average Bonchev–Trinajstić information content (AvgIpc) is 3.28. The molecular formula is C26H34N4O3S. The second-order valence-electron chi connectivity index (χ2n) is 8.16. The number of thiazole rings is 1. The number of fused-ring (bicyclic) bond motifs is 2. The van der Waals surface area contributed by atoms with Crippen LogP contribution in [0.2, 0.25) is 0 Å². The van der Waals surface area contributed by atoms with Crippen molar-refractivity contribution >= 4 is 38.3 Å². The van der Waals surface area contributed by atoms with Crippen LogP contribution in [0.1, 0.15) is 38.1 Å². The molecule has 182 valence electrons.